The van der Waals surface area contributed by atoms with Gasteiger partial charge in [-0.05, 0) is 25.5 Å². The molecule has 0 spiro atoms. The molecule has 2 heterocycles. The topological polar surface area (TPSA) is 90.1 Å². The zero-order valence-corrected chi connectivity index (χ0v) is 14.9. The van der Waals surface area contributed by atoms with Gasteiger partial charge in [-0.2, -0.15) is 0 Å². The minimum absolute atomic E-state index is 0. The summed E-state index contributed by atoms with van der Waals surface area (Å²) in [5, 5.41) is 15.5. The number of guanidine groups is 1. The minimum atomic E-state index is -0.285. The van der Waals surface area contributed by atoms with Crippen LogP contribution in [0.5, 0.6) is 0 Å². The normalized spacial score (nSPS) is 18.0. The van der Waals surface area contributed by atoms with Crippen molar-refractivity contribution in [2.24, 2.45) is 4.99 Å². The molecule has 8 heteroatoms. The third kappa shape index (κ3) is 5.48. The van der Waals surface area contributed by atoms with E-state index in [1.807, 2.05) is 11.8 Å². The number of amides is 1. The second-order valence-corrected chi connectivity index (χ2v) is 4.86. The lowest BCUT2D eigenvalue weighted by molar-refractivity contribution is 0.0927. The summed E-state index contributed by atoms with van der Waals surface area (Å²) in [5.74, 6) is 0.839. The molecule has 1 aliphatic heterocycles. The lowest BCUT2D eigenvalue weighted by Crippen LogP contribution is -2.41. The van der Waals surface area contributed by atoms with Crippen LogP contribution in [-0.2, 0) is 0 Å². The smallest absolute Gasteiger partial charge is 0.287 e. The highest BCUT2D eigenvalue weighted by Crippen LogP contribution is 2.08. The van der Waals surface area contributed by atoms with Crippen molar-refractivity contribution in [3.8, 4) is 0 Å². The molecule has 1 aromatic heterocycles. The van der Waals surface area contributed by atoms with Crippen LogP contribution in [-0.4, -0.2) is 60.7 Å². The van der Waals surface area contributed by atoms with Gasteiger partial charge in [0.25, 0.3) is 5.91 Å². The molecule has 2 rings (SSSR count). The molecule has 1 fully saturated rings. The van der Waals surface area contributed by atoms with Crippen molar-refractivity contribution in [3.63, 3.8) is 0 Å². The third-order valence-electron chi connectivity index (χ3n) is 3.20. The maximum Gasteiger partial charge on any atom is 0.287 e. The van der Waals surface area contributed by atoms with Crippen molar-refractivity contribution < 1.29 is 14.3 Å². The van der Waals surface area contributed by atoms with E-state index in [9.17, 15) is 9.90 Å². The van der Waals surface area contributed by atoms with Crippen LogP contribution in [0.1, 0.15) is 23.9 Å². The molecule has 22 heavy (non-hydrogen) atoms. The van der Waals surface area contributed by atoms with E-state index in [4.69, 9.17) is 4.42 Å². The number of nitrogens with zero attached hydrogens (tertiary/aromatic N) is 2. The average Bonchev–Trinajstić information content (AvgIpc) is 3.13. The largest absolute Gasteiger partial charge is 0.459 e. The quantitative estimate of drug-likeness (QED) is 0.281. The third-order valence-corrected chi connectivity index (χ3v) is 3.20. The second kappa shape index (κ2) is 9.67. The fraction of sp³-hybridized carbons (Fsp3) is 0.571. The first-order chi connectivity index (χ1) is 10.2. The van der Waals surface area contributed by atoms with E-state index in [0.717, 1.165) is 25.5 Å². The highest BCUT2D eigenvalue weighted by Gasteiger charge is 2.22. The Hall–Kier alpha value is -1.29. The number of aliphatic imine (C=N–C) groups is 1. The summed E-state index contributed by atoms with van der Waals surface area (Å²) in [4.78, 5) is 18.2. The molecule has 0 saturated carbocycles. The lowest BCUT2D eigenvalue weighted by Gasteiger charge is -2.20. The summed E-state index contributed by atoms with van der Waals surface area (Å²) in [6.07, 6.45) is 1.95. The molecule has 1 atom stereocenters. The van der Waals surface area contributed by atoms with Crippen LogP contribution in [0.4, 0.5) is 0 Å². The zero-order chi connectivity index (χ0) is 15.1. The molecule has 0 aromatic carbocycles. The van der Waals surface area contributed by atoms with Gasteiger partial charge in [0, 0.05) is 26.2 Å². The number of aliphatic hydroxyl groups is 1. The van der Waals surface area contributed by atoms with E-state index in [1.54, 1.807) is 12.1 Å². The predicted octanol–water partition coefficient (Wildman–Crippen LogP) is 0.659. The molecular formula is C14H23IN4O3. The SMILES string of the molecule is CCNC(=NCCNC(=O)c1ccco1)N1CC[C@@H](O)C1.I. The molecule has 0 aliphatic carbocycles. The number of halogens is 1. The first-order valence-corrected chi connectivity index (χ1v) is 7.23. The summed E-state index contributed by atoms with van der Waals surface area (Å²) >= 11 is 0. The molecule has 7 nitrogen and oxygen atoms in total. The predicted molar refractivity (Wildman–Crippen MR) is 94.6 cm³/mol. The summed E-state index contributed by atoms with van der Waals surface area (Å²) in [6.45, 7) is 5.08. The summed E-state index contributed by atoms with van der Waals surface area (Å²) < 4.78 is 5.01. The molecule has 1 amide bonds. The number of nitrogens with one attached hydrogen (secondary N) is 2. The highest BCUT2D eigenvalue weighted by molar-refractivity contribution is 14.0. The number of hydrogen-bond donors (Lipinski definition) is 3. The molecule has 1 saturated heterocycles. The van der Waals surface area contributed by atoms with Gasteiger partial charge in [-0.15, -0.1) is 24.0 Å². The maximum atomic E-state index is 11.7. The zero-order valence-electron chi connectivity index (χ0n) is 12.6. The minimum Gasteiger partial charge on any atom is -0.459 e. The summed E-state index contributed by atoms with van der Waals surface area (Å²) in [5.41, 5.74) is 0. The number of furan rings is 1. The molecule has 3 N–H and O–H groups in total. The molecule has 124 valence electrons. The van der Waals surface area contributed by atoms with Gasteiger partial charge in [0.1, 0.15) is 0 Å². The Labute approximate surface area is 147 Å². The van der Waals surface area contributed by atoms with Gasteiger partial charge in [-0.3, -0.25) is 9.79 Å². The van der Waals surface area contributed by atoms with Gasteiger partial charge >= 0.3 is 0 Å². The van der Waals surface area contributed by atoms with Crippen LogP contribution in [0.2, 0.25) is 0 Å². The van der Waals surface area contributed by atoms with Crippen molar-refractivity contribution in [3.05, 3.63) is 24.2 Å². The standard InChI is InChI=1S/C14H22N4O3.HI/c1-2-15-14(18-8-5-11(19)10-18)17-7-6-16-13(20)12-4-3-9-21-12;/h3-4,9,11,19H,2,5-8,10H2,1H3,(H,15,17)(H,16,20);1H/t11-;/m1./s1. The maximum absolute atomic E-state index is 11.7. The molecule has 1 aromatic rings. The number of β-amino-alcohol motifs (C(OH)–C–C–N with tert-alkyl or cyclic N) is 1. The molecular weight excluding hydrogens is 399 g/mol. The Bertz CT molecular complexity index is 478. The van der Waals surface area contributed by atoms with E-state index < -0.39 is 0 Å². The Kier molecular flexibility index (Phi) is 8.25. The van der Waals surface area contributed by atoms with Crippen LogP contribution in [0.3, 0.4) is 0 Å². The molecule has 0 radical (unpaired) electrons. The number of rotatable bonds is 5. The Morgan fingerprint density at radius 1 is 1.55 bits per heavy atom. The molecule has 1 aliphatic rings. The first-order valence-electron chi connectivity index (χ1n) is 7.23. The van der Waals surface area contributed by atoms with Gasteiger partial charge in [-0.1, -0.05) is 0 Å². The van der Waals surface area contributed by atoms with Crippen LogP contribution >= 0.6 is 24.0 Å². The van der Waals surface area contributed by atoms with E-state index in [-0.39, 0.29) is 36.0 Å². The second-order valence-electron chi connectivity index (χ2n) is 4.86. The van der Waals surface area contributed by atoms with Gasteiger partial charge in [0.05, 0.1) is 18.9 Å². The number of carbonyl (C=O) groups is 1. The Morgan fingerprint density at radius 3 is 2.95 bits per heavy atom. The van der Waals surface area contributed by atoms with Crippen molar-refractivity contribution in [1.29, 1.82) is 0 Å². The number of carbonyl (C=O) groups excluding carboxylic acids is 1. The van der Waals surface area contributed by atoms with Crippen molar-refractivity contribution in [2.75, 3.05) is 32.7 Å². The van der Waals surface area contributed by atoms with E-state index >= 15 is 0 Å². The van der Waals surface area contributed by atoms with E-state index in [2.05, 4.69) is 15.6 Å². The van der Waals surface area contributed by atoms with Crippen molar-refractivity contribution in [2.45, 2.75) is 19.4 Å². The first kappa shape index (κ1) is 18.8. The number of aliphatic hydroxyl groups excluding tert-OH is 1. The van der Waals surface area contributed by atoms with Gasteiger partial charge in [0.2, 0.25) is 0 Å². The van der Waals surface area contributed by atoms with Crippen molar-refractivity contribution >= 4 is 35.8 Å². The van der Waals surface area contributed by atoms with Gasteiger partial charge < -0.3 is 25.1 Å². The Balaban J connectivity index is 0.00000242. The fourth-order valence-electron chi connectivity index (χ4n) is 2.19. The monoisotopic (exact) mass is 422 g/mol. The van der Waals surface area contributed by atoms with Crippen LogP contribution < -0.4 is 10.6 Å². The average molecular weight is 422 g/mol. The summed E-state index contributed by atoms with van der Waals surface area (Å²) in [6, 6.07) is 3.29. The Morgan fingerprint density at radius 2 is 2.36 bits per heavy atom. The van der Waals surface area contributed by atoms with Crippen molar-refractivity contribution in [1.82, 2.24) is 15.5 Å². The fourth-order valence-corrected chi connectivity index (χ4v) is 2.19. The summed E-state index contributed by atoms with van der Waals surface area (Å²) in [7, 11) is 0. The van der Waals surface area contributed by atoms with E-state index in [0.29, 0.717) is 25.4 Å². The molecule has 0 unspecified atom stereocenters. The highest BCUT2D eigenvalue weighted by atomic mass is 127. The number of hydrogen-bond acceptors (Lipinski definition) is 4. The molecule has 0 bridgehead atoms. The van der Waals surface area contributed by atoms with Crippen LogP contribution in [0.15, 0.2) is 27.8 Å². The van der Waals surface area contributed by atoms with E-state index in [1.165, 1.54) is 6.26 Å². The number of likely N-dealkylation sites (tertiary alicyclic amines) is 1. The van der Waals surface area contributed by atoms with Gasteiger partial charge in [0.15, 0.2) is 11.7 Å². The van der Waals surface area contributed by atoms with Crippen LogP contribution in [0, 0.1) is 0 Å². The van der Waals surface area contributed by atoms with Crippen LogP contribution in [0.25, 0.3) is 0 Å². The lowest BCUT2D eigenvalue weighted by atomic mass is 10.3. The van der Waals surface area contributed by atoms with Gasteiger partial charge in [-0.25, -0.2) is 0 Å².